The van der Waals surface area contributed by atoms with E-state index in [9.17, 15) is 9.18 Å². The highest BCUT2D eigenvalue weighted by atomic mass is 19.1. The number of carbonyl (C=O) groups is 1. The maximum Gasteiger partial charge on any atom is 0.244 e. The molecule has 2 aromatic carbocycles. The summed E-state index contributed by atoms with van der Waals surface area (Å²) in [6.07, 6.45) is 3.08. The van der Waals surface area contributed by atoms with Crippen LogP contribution in [0.15, 0.2) is 54.6 Å². The summed E-state index contributed by atoms with van der Waals surface area (Å²) in [4.78, 5) is 11.7. The molecule has 0 radical (unpaired) electrons. The second-order valence-corrected chi connectivity index (χ2v) is 4.68. The minimum Gasteiger partial charge on any atom is -0.494 e. The van der Waals surface area contributed by atoms with E-state index in [1.165, 1.54) is 18.2 Å². The Morgan fingerprint density at radius 3 is 2.45 bits per heavy atom. The van der Waals surface area contributed by atoms with Crippen LogP contribution in [0.4, 0.5) is 4.39 Å². The van der Waals surface area contributed by atoms with Gasteiger partial charge in [-0.15, -0.1) is 0 Å². The summed E-state index contributed by atoms with van der Waals surface area (Å²) in [5, 5.41) is 2.79. The van der Waals surface area contributed by atoms with Crippen LogP contribution < -0.4 is 10.1 Å². The highest BCUT2D eigenvalue weighted by molar-refractivity contribution is 5.91. The van der Waals surface area contributed by atoms with E-state index in [1.54, 1.807) is 18.2 Å². The maximum atomic E-state index is 12.8. The number of hydrogen-bond acceptors (Lipinski definition) is 2. The van der Waals surface area contributed by atoms with Gasteiger partial charge in [0.1, 0.15) is 11.6 Å². The number of benzene rings is 2. The van der Waals surface area contributed by atoms with Gasteiger partial charge in [0.2, 0.25) is 5.91 Å². The van der Waals surface area contributed by atoms with E-state index in [0.717, 1.165) is 16.9 Å². The van der Waals surface area contributed by atoms with Gasteiger partial charge in [0, 0.05) is 12.6 Å². The normalized spacial score (nSPS) is 10.6. The van der Waals surface area contributed by atoms with Gasteiger partial charge in [0.25, 0.3) is 0 Å². The van der Waals surface area contributed by atoms with E-state index >= 15 is 0 Å². The molecule has 0 aliphatic heterocycles. The van der Waals surface area contributed by atoms with Crippen molar-refractivity contribution in [1.29, 1.82) is 0 Å². The fraction of sp³-hybridized carbons (Fsp3) is 0.167. The molecular formula is C18H18FNO2. The Labute approximate surface area is 129 Å². The molecule has 0 unspecified atom stereocenters. The van der Waals surface area contributed by atoms with Gasteiger partial charge >= 0.3 is 0 Å². The molecule has 114 valence electrons. The zero-order chi connectivity index (χ0) is 15.8. The molecule has 22 heavy (non-hydrogen) atoms. The van der Waals surface area contributed by atoms with Crippen molar-refractivity contribution in [2.75, 3.05) is 6.61 Å². The summed E-state index contributed by atoms with van der Waals surface area (Å²) in [7, 11) is 0. The summed E-state index contributed by atoms with van der Waals surface area (Å²) >= 11 is 0. The summed E-state index contributed by atoms with van der Waals surface area (Å²) < 4.78 is 18.1. The second kappa shape index (κ2) is 7.98. The molecule has 3 nitrogen and oxygen atoms in total. The van der Waals surface area contributed by atoms with Gasteiger partial charge in [0.05, 0.1) is 6.61 Å². The molecular weight excluding hydrogens is 281 g/mol. The minimum absolute atomic E-state index is 0.196. The molecule has 1 amide bonds. The van der Waals surface area contributed by atoms with E-state index in [4.69, 9.17) is 4.74 Å². The average Bonchev–Trinajstić information content (AvgIpc) is 2.54. The SMILES string of the molecule is CCOc1ccc(CNC(=O)/C=C/c2ccc(F)cc2)cc1. The molecule has 0 fully saturated rings. The van der Waals surface area contributed by atoms with Crippen LogP contribution in [0.1, 0.15) is 18.1 Å². The Morgan fingerprint density at radius 1 is 1.14 bits per heavy atom. The Morgan fingerprint density at radius 2 is 1.82 bits per heavy atom. The molecule has 0 heterocycles. The Hall–Kier alpha value is -2.62. The summed E-state index contributed by atoms with van der Waals surface area (Å²) in [5.74, 6) is 0.323. The largest absolute Gasteiger partial charge is 0.494 e. The first-order valence-electron chi connectivity index (χ1n) is 7.10. The van der Waals surface area contributed by atoms with Crippen LogP contribution in [0.5, 0.6) is 5.75 Å². The van der Waals surface area contributed by atoms with Gasteiger partial charge < -0.3 is 10.1 Å². The third-order valence-electron chi connectivity index (χ3n) is 3.00. The van der Waals surface area contributed by atoms with Crippen molar-refractivity contribution in [3.05, 3.63) is 71.6 Å². The van der Waals surface area contributed by atoms with Gasteiger partial charge in [-0.1, -0.05) is 24.3 Å². The topological polar surface area (TPSA) is 38.3 Å². The van der Waals surface area contributed by atoms with E-state index in [2.05, 4.69) is 5.32 Å². The van der Waals surface area contributed by atoms with Crippen molar-refractivity contribution in [3.8, 4) is 5.75 Å². The maximum absolute atomic E-state index is 12.8. The lowest BCUT2D eigenvalue weighted by Gasteiger charge is -2.05. The number of ether oxygens (including phenoxy) is 1. The lowest BCUT2D eigenvalue weighted by atomic mass is 10.2. The molecule has 2 rings (SSSR count). The monoisotopic (exact) mass is 299 g/mol. The lowest BCUT2D eigenvalue weighted by molar-refractivity contribution is -0.116. The standard InChI is InChI=1S/C18H18FNO2/c1-2-22-17-10-5-15(6-11-17)13-20-18(21)12-7-14-3-8-16(19)9-4-14/h3-12H,2,13H2,1H3,(H,20,21)/b12-7+. The fourth-order valence-electron chi connectivity index (χ4n) is 1.86. The first-order chi connectivity index (χ1) is 10.7. The molecule has 0 aliphatic rings. The van der Waals surface area contributed by atoms with Crippen LogP contribution in [-0.2, 0) is 11.3 Å². The highest BCUT2D eigenvalue weighted by Gasteiger charge is 1.98. The van der Waals surface area contributed by atoms with E-state index < -0.39 is 0 Å². The number of amides is 1. The second-order valence-electron chi connectivity index (χ2n) is 4.68. The van der Waals surface area contributed by atoms with Crippen LogP contribution in [0, 0.1) is 5.82 Å². The molecule has 0 spiro atoms. The minimum atomic E-state index is -0.294. The van der Waals surface area contributed by atoms with Crippen molar-refractivity contribution >= 4 is 12.0 Å². The summed E-state index contributed by atoms with van der Waals surface area (Å²) in [6, 6.07) is 13.5. The lowest BCUT2D eigenvalue weighted by Crippen LogP contribution is -2.20. The third-order valence-corrected chi connectivity index (χ3v) is 3.00. The van der Waals surface area contributed by atoms with Crippen molar-refractivity contribution in [1.82, 2.24) is 5.32 Å². The molecule has 0 aliphatic carbocycles. The van der Waals surface area contributed by atoms with Crippen molar-refractivity contribution in [2.24, 2.45) is 0 Å². The number of nitrogens with one attached hydrogen (secondary N) is 1. The van der Waals surface area contributed by atoms with E-state index in [0.29, 0.717) is 13.2 Å². The molecule has 2 aromatic rings. The van der Waals surface area contributed by atoms with Crippen LogP contribution in [-0.4, -0.2) is 12.5 Å². The van der Waals surface area contributed by atoms with Crippen LogP contribution in [0.2, 0.25) is 0 Å². The molecule has 0 saturated carbocycles. The van der Waals surface area contributed by atoms with Gasteiger partial charge in [-0.3, -0.25) is 4.79 Å². The van der Waals surface area contributed by atoms with Crippen LogP contribution in [0.3, 0.4) is 0 Å². The highest BCUT2D eigenvalue weighted by Crippen LogP contribution is 2.11. The first-order valence-corrected chi connectivity index (χ1v) is 7.10. The van der Waals surface area contributed by atoms with Crippen molar-refractivity contribution < 1.29 is 13.9 Å². The zero-order valence-corrected chi connectivity index (χ0v) is 12.4. The summed E-state index contributed by atoms with van der Waals surface area (Å²) in [6.45, 7) is 3.00. The van der Waals surface area contributed by atoms with Crippen LogP contribution in [0.25, 0.3) is 6.08 Å². The van der Waals surface area contributed by atoms with E-state index in [1.807, 2.05) is 31.2 Å². The molecule has 1 N–H and O–H groups in total. The smallest absolute Gasteiger partial charge is 0.244 e. The van der Waals surface area contributed by atoms with Gasteiger partial charge in [-0.25, -0.2) is 4.39 Å². The quantitative estimate of drug-likeness (QED) is 0.828. The molecule has 0 atom stereocenters. The van der Waals surface area contributed by atoms with Gasteiger partial charge in [-0.05, 0) is 48.4 Å². The number of carbonyl (C=O) groups excluding carboxylic acids is 1. The van der Waals surface area contributed by atoms with Gasteiger partial charge in [0.15, 0.2) is 0 Å². The molecule has 0 bridgehead atoms. The van der Waals surface area contributed by atoms with E-state index in [-0.39, 0.29) is 11.7 Å². The predicted molar refractivity (Wildman–Crippen MR) is 84.9 cm³/mol. The fourth-order valence-corrected chi connectivity index (χ4v) is 1.86. The Bertz CT molecular complexity index is 633. The Kier molecular flexibility index (Phi) is 5.72. The number of hydrogen-bond donors (Lipinski definition) is 1. The molecule has 4 heteroatoms. The summed E-state index contributed by atoms with van der Waals surface area (Å²) in [5.41, 5.74) is 1.77. The van der Waals surface area contributed by atoms with Crippen LogP contribution >= 0.6 is 0 Å². The molecule has 0 saturated heterocycles. The van der Waals surface area contributed by atoms with Crippen molar-refractivity contribution in [2.45, 2.75) is 13.5 Å². The van der Waals surface area contributed by atoms with Crippen molar-refractivity contribution in [3.63, 3.8) is 0 Å². The average molecular weight is 299 g/mol. The Balaban J connectivity index is 1.83. The first kappa shape index (κ1) is 15.8. The molecule has 0 aromatic heterocycles. The predicted octanol–water partition coefficient (Wildman–Crippen LogP) is 3.55. The van der Waals surface area contributed by atoms with Gasteiger partial charge in [-0.2, -0.15) is 0 Å². The number of rotatable bonds is 6. The zero-order valence-electron chi connectivity index (χ0n) is 12.4. The number of halogens is 1. The third kappa shape index (κ3) is 5.05.